The van der Waals surface area contributed by atoms with Crippen LogP contribution in [0.3, 0.4) is 0 Å². The Balaban J connectivity index is 1.78. The van der Waals surface area contributed by atoms with Crippen molar-refractivity contribution in [1.82, 2.24) is 0 Å². The molecule has 22 heavy (non-hydrogen) atoms. The second-order valence-electron chi connectivity index (χ2n) is 5.72. The Hall–Kier alpha value is -2.07. The van der Waals surface area contributed by atoms with Crippen LogP contribution < -0.4 is 4.74 Å². The van der Waals surface area contributed by atoms with Crippen LogP contribution in [0.25, 0.3) is 10.8 Å². The van der Waals surface area contributed by atoms with Crippen LogP contribution in [0.2, 0.25) is 0 Å². The van der Waals surface area contributed by atoms with Crippen molar-refractivity contribution in [2.75, 3.05) is 7.11 Å². The summed E-state index contributed by atoms with van der Waals surface area (Å²) in [7, 11) is 1.63. The molecule has 0 aromatic heterocycles. The summed E-state index contributed by atoms with van der Waals surface area (Å²) in [5.41, 5.74) is 0.510. The van der Waals surface area contributed by atoms with Crippen molar-refractivity contribution in [3.8, 4) is 5.75 Å². The number of rotatable bonds is 3. The molecule has 0 saturated heterocycles. The minimum atomic E-state index is -0.539. The van der Waals surface area contributed by atoms with Gasteiger partial charge in [-0.2, -0.15) is 0 Å². The van der Waals surface area contributed by atoms with E-state index in [1.54, 1.807) is 13.2 Å². The summed E-state index contributed by atoms with van der Waals surface area (Å²) in [4.78, 5) is 12.3. The van der Waals surface area contributed by atoms with Gasteiger partial charge in [0.2, 0.25) is 0 Å². The number of ether oxygens (including phenoxy) is 2. The third-order valence-corrected chi connectivity index (χ3v) is 4.21. The van der Waals surface area contributed by atoms with Crippen LogP contribution in [-0.4, -0.2) is 30.4 Å². The molecular weight excluding hydrogens is 280 g/mol. The lowest BCUT2D eigenvalue weighted by molar-refractivity contribution is -0.0360. The van der Waals surface area contributed by atoms with E-state index in [0.29, 0.717) is 12.0 Å². The first-order chi connectivity index (χ1) is 10.7. The third-order valence-electron chi connectivity index (χ3n) is 4.21. The highest BCUT2D eigenvalue weighted by Crippen LogP contribution is 2.25. The molecule has 1 N–H and O–H groups in total. The molecule has 0 bridgehead atoms. The van der Waals surface area contributed by atoms with Gasteiger partial charge in [0, 0.05) is 0 Å². The summed E-state index contributed by atoms with van der Waals surface area (Å²) in [5.74, 6) is 0.414. The Morgan fingerprint density at radius 2 is 1.82 bits per heavy atom. The fourth-order valence-corrected chi connectivity index (χ4v) is 2.90. The van der Waals surface area contributed by atoms with Crippen molar-refractivity contribution in [3.63, 3.8) is 0 Å². The largest absolute Gasteiger partial charge is 0.497 e. The molecule has 0 unspecified atom stereocenters. The van der Waals surface area contributed by atoms with E-state index in [0.717, 1.165) is 35.8 Å². The van der Waals surface area contributed by atoms with Gasteiger partial charge in [-0.25, -0.2) is 4.79 Å². The van der Waals surface area contributed by atoms with Crippen molar-refractivity contribution in [2.45, 2.75) is 37.9 Å². The Bertz CT molecular complexity index is 680. The van der Waals surface area contributed by atoms with Crippen molar-refractivity contribution < 1.29 is 19.4 Å². The van der Waals surface area contributed by atoms with Gasteiger partial charge in [-0.3, -0.25) is 0 Å². The minimum absolute atomic E-state index is 0.372. The quantitative estimate of drug-likeness (QED) is 0.884. The fourth-order valence-electron chi connectivity index (χ4n) is 2.90. The molecule has 1 fully saturated rings. The summed E-state index contributed by atoms with van der Waals surface area (Å²) in [6, 6.07) is 11.1. The van der Waals surface area contributed by atoms with Gasteiger partial charge in [0.1, 0.15) is 11.9 Å². The van der Waals surface area contributed by atoms with E-state index in [9.17, 15) is 9.90 Å². The molecule has 2 aromatic carbocycles. The molecule has 1 aliphatic rings. The Morgan fingerprint density at radius 3 is 2.59 bits per heavy atom. The lowest BCUT2D eigenvalue weighted by Crippen LogP contribution is -2.34. The number of aliphatic hydroxyl groups excluding tert-OH is 1. The van der Waals surface area contributed by atoms with Crippen LogP contribution in [0.1, 0.15) is 36.0 Å². The first kappa shape index (κ1) is 14.9. The standard InChI is InChI=1S/C18H20O4/c1-21-15-9-8-12-10-14(7-6-13(12)11-15)18(20)22-17-5-3-2-4-16(17)19/h6-11,16-17,19H,2-5H2,1H3/t16-,17-/m1/s1. The summed E-state index contributed by atoms with van der Waals surface area (Å²) in [6.07, 6.45) is 2.50. The molecule has 3 rings (SSSR count). The smallest absolute Gasteiger partial charge is 0.338 e. The summed E-state index contributed by atoms with van der Waals surface area (Å²) < 4.78 is 10.7. The first-order valence-electron chi connectivity index (χ1n) is 7.64. The van der Waals surface area contributed by atoms with E-state index in [-0.39, 0.29) is 12.1 Å². The van der Waals surface area contributed by atoms with Gasteiger partial charge in [-0.15, -0.1) is 0 Å². The van der Waals surface area contributed by atoms with Gasteiger partial charge in [0.15, 0.2) is 0 Å². The molecular formula is C18H20O4. The number of esters is 1. The van der Waals surface area contributed by atoms with E-state index >= 15 is 0 Å². The molecule has 0 radical (unpaired) electrons. The molecule has 2 atom stereocenters. The normalized spacial score (nSPS) is 21.5. The Morgan fingerprint density at radius 1 is 1.09 bits per heavy atom. The van der Waals surface area contributed by atoms with Crippen LogP contribution >= 0.6 is 0 Å². The molecule has 4 nitrogen and oxygen atoms in total. The number of carbonyl (C=O) groups excluding carboxylic acids is 1. The van der Waals surface area contributed by atoms with Crippen LogP contribution in [0, 0.1) is 0 Å². The van der Waals surface area contributed by atoms with Gasteiger partial charge < -0.3 is 14.6 Å². The second kappa shape index (κ2) is 6.36. The second-order valence-corrected chi connectivity index (χ2v) is 5.72. The van der Waals surface area contributed by atoms with E-state index in [2.05, 4.69) is 0 Å². The zero-order chi connectivity index (χ0) is 15.5. The summed E-state index contributed by atoms with van der Waals surface area (Å²) in [5, 5.41) is 11.9. The third kappa shape index (κ3) is 3.07. The van der Waals surface area contributed by atoms with Crippen molar-refractivity contribution >= 4 is 16.7 Å². The topological polar surface area (TPSA) is 55.8 Å². The maximum atomic E-state index is 12.3. The van der Waals surface area contributed by atoms with E-state index in [4.69, 9.17) is 9.47 Å². The van der Waals surface area contributed by atoms with Crippen LogP contribution in [0.4, 0.5) is 0 Å². The van der Waals surface area contributed by atoms with Gasteiger partial charge in [-0.05, 0) is 54.3 Å². The molecule has 1 aliphatic carbocycles. The number of benzene rings is 2. The van der Waals surface area contributed by atoms with Gasteiger partial charge in [0.25, 0.3) is 0 Å². The van der Waals surface area contributed by atoms with Crippen LogP contribution in [0.15, 0.2) is 36.4 Å². The maximum absolute atomic E-state index is 12.3. The SMILES string of the molecule is COc1ccc2cc(C(=O)O[C@@H]3CCCC[C@H]3O)ccc2c1. The number of fused-ring (bicyclic) bond motifs is 1. The lowest BCUT2D eigenvalue weighted by Gasteiger charge is -2.27. The highest BCUT2D eigenvalue weighted by Gasteiger charge is 2.26. The number of methoxy groups -OCH3 is 1. The number of aliphatic hydroxyl groups is 1. The molecule has 2 aromatic rings. The zero-order valence-electron chi connectivity index (χ0n) is 12.6. The minimum Gasteiger partial charge on any atom is -0.497 e. The number of hydrogen-bond donors (Lipinski definition) is 1. The van der Waals surface area contributed by atoms with Crippen LogP contribution in [-0.2, 0) is 4.74 Å². The molecule has 4 heteroatoms. The lowest BCUT2D eigenvalue weighted by atomic mass is 9.95. The molecule has 1 saturated carbocycles. The molecule has 116 valence electrons. The van der Waals surface area contributed by atoms with Gasteiger partial charge in [-0.1, -0.05) is 18.6 Å². The van der Waals surface area contributed by atoms with Crippen molar-refractivity contribution in [1.29, 1.82) is 0 Å². The average molecular weight is 300 g/mol. The van der Waals surface area contributed by atoms with E-state index in [1.807, 2.05) is 30.3 Å². The van der Waals surface area contributed by atoms with Gasteiger partial charge >= 0.3 is 5.97 Å². The van der Waals surface area contributed by atoms with Crippen LogP contribution in [0.5, 0.6) is 5.75 Å². The highest BCUT2D eigenvalue weighted by molar-refractivity contribution is 5.95. The zero-order valence-corrected chi connectivity index (χ0v) is 12.6. The van der Waals surface area contributed by atoms with E-state index < -0.39 is 6.10 Å². The number of carbonyl (C=O) groups is 1. The monoisotopic (exact) mass is 300 g/mol. The van der Waals surface area contributed by atoms with Crippen molar-refractivity contribution in [2.24, 2.45) is 0 Å². The first-order valence-corrected chi connectivity index (χ1v) is 7.64. The molecule has 0 amide bonds. The van der Waals surface area contributed by atoms with E-state index in [1.165, 1.54) is 0 Å². The number of hydrogen-bond acceptors (Lipinski definition) is 4. The molecule has 0 aliphatic heterocycles. The fraction of sp³-hybridized carbons (Fsp3) is 0.389. The average Bonchev–Trinajstić information content (AvgIpc) is 2.56. The van der Waals surface area contributed by atoms with Gasteiger partial charge in [0.05, 0.1) is 18.8 Å². The maximum Gasteiger partial charge on any atom is 0.338 e. The predicted molar refractivity (Wildman–Crippen MR) is 84.2 cm³/mol. The Kier molecular flexibility index (Phi) is 4.29. The van der Waals surface area contributed by atoms with Crippen molar-refractivity contribution in [3.05, 3.63) is 42.0 Å². The summed E-state index contributed by atoms with van der Waals surface area (Å²) in [6.45, 7) is 0. The molecule has 0 spiro atoms. The Labute approximate surface area is 129 Å². The predicted octanol–water partition coefficient (Wildman–Crippen LogP) is 3.31. The molecule has 0 heterocycles. The highest BCUT2D eigenvalue weighted by atomic mass is 16.6. The summed E-state index contributed by atoms with van der Waals surface area (Å²) >= 11 is 0.